The van der Waals surface area contributed by atoms with Crippen LogP contribution < -0.4 is 9.80 Å². The molecule has 7 nitrogen and oxygen atoms in total. The van der Waals surface area contributed by atoms with Gasteiger partial charge in [-0.1, -0.05) is 30.3 Å². The number of sulfonamides is 1. The van der Waals surface area contributed by atoms with Gasteiger partial charge in [-0.25, -0.2) is 8.42 Å². The molecule has 3 aromatic rings. The Morgan fingerprint density at radius 3 is 2.03 bits per heavy atom. The number of aromatic hydroxyl groups is 1. The first-order valence-corrected chi connectivity index (χ1v) is 12.9. The van der Waals surface area contributed by atoms with Crippen molar-refractivity contribution in [1.29, 1.82) is 0 Å². The van der Waals surface area contributed by atoms with Crippen LogP contribution in [0.4, 0.5) is 11.4 Å². The van der Waals surface area contributed by atoms with Crippen molar-refractivity contribution in [3.63, 3.8) is 0 Å². The van der Waals surface area contributed by atoms with Gasteiger partial charge in [-0.05, 0) is 54.1 Å². The number of phenols is 1. The molecule has 9 heteroatoms. The van der Waals surface area contributed by atoms with E-state index in [1.807, 2.05) is 30.3 Å². The average molecular weight is 498 g/mol. The predicted molar refractivity (Wildman–Crippen MR) is 132 cm³/mol. The Balaban J connectivity index is 1.30. The molecule has 0 bridgehead atoms. The summed E-state index contributed by atoms with van der Waals surface area (Å²) in [4.78, 5) is 16.4. The highest BCUT2D eigenvalue weighted by atomic mass is 35.5. The number of β-lactam (4-membered cyclic amide) rings is 1. The maximum Gasteiger partial charge on any atom is 0.248 e. The first-order valence-electron chi connectivity index (χ1n) is 11.0. The predicted octanol–water partition coefficient (Wildman–Crippen LogP) is 3.60. The molecule has 3 aromatic carbocycles. The zero-order chi connectivity index (χ0) is 23.9. The van der Waals surface area contributed by atoms with Crippen LogP contribution in [0.2, 0.25) is 0 Å². The number of benzene rings is 3. The quantitative estimate of drug-likeness (QED) is 0.430. The minimum atomic E-state index is -3.64. The Hall–Kier alpha value is -3.07. The summed E-state index contributed by atoms with van der Waals surface area (Å²) >= 11 is 6.29. The Morgan fingerprint density at radius 1 is 0.794 bits per heavy atom. The molecule has 34 heavy (non-hydrogen) atoms. The smallest absolute Gasteiger partial charge is 0.248 e. The van der Waals surface area contributed by atoms with Crippen LogP contribution in [0.5, 0.6) is 5.75 Å². The van der Waals surface area contributed by atoms with Gasteiger partial charge in [0.2, 0.25) is 15.9 Å². The summed E-state index contributed by atoms with van der Waals surface area (Å²) in [5, 5.41) is 8.83. The monoisotopic (exact) mass is 497 g/mol. The maximum absolute atomic E-state index is 13.2. The van der Waals surface area contributed by atoms with Crippen LogP contribution >= 0.6 is 11.6 Å². The summed E-state index contributed by atoms with van der Waals surface area (Å²) in [7, 11) is -3.64. The van der Waals surface area contributed by atoms with Crippen LogP contribution in [0.15, 0.2) is 83.8 Å². The van der Waals surface area contributed by atoms with E-state index in [9.17, 15) is 18.3 Å². The Bertz CT molecular complexity index is 1280. The Kier molecular flexibility index (Phi) is 5.97. The zero-order valence-electron chi connectivity index (χ0n) is 18.3. The SMILES string of the molecule is O=C1C(Cl)C(c2ccc(O)cc2)N1c1ccc(S(=O)(=O)N2CCN(c3ccccc3)CC2)cc1. The summed E-state index contributed by atoms with van der Waals surface area (Å²) in [6.45, 7) is 2.05. The fourth-order valence-corrected chi connectivity index (χ4v) is 6.27. The number of alkyl halides is 1. The maximum atomic E-state index is 13.2. The van der Waals surface area contributed by atoms with E-state index < -0.39 is 15.4 Å². The number of hydrogen-bond acceptors (Lipinski definition) is 5. The molecule has 0 aliphatic carbocycles. The van der Waals surface area contributed by atoms with E-state index in [0.29, 0.717) is 31.9 Å². The van der Waals surface area contributed by atoms with Crippen LogP contribution in [0, 0.1) is 0 Å². The number of carbonyl (C=O) groups excluding carboxylic acids is 1. The first kappa shape index (κ1) is 22.7. The fourth-order valence-electron chi connectivity index (χ4n) is 4.48. The van der Waals surface area contributed by atoms with Crippen molar-refractivity contribution in [2.75, 3.05) is 36.0 Å². The molecule has 2 saturated heterocycles. The van der Waals surface area contributed by atoms with Crippen molar-refractivity contribution in [1.82, 2.24) is 4.31 Å². The van der Waals surface area contributed by atoms with E-state index >= 15 is 0 Å². The molecule has 2 aliphatic rings. The van der Waals surface area contributed by atoms with E-state index in [4.69, 9.17) is 11.6 Å². The molecule has 1 N–H and O–H groups in total. The molecule has 0 radical (unpaired) electrons. The number of para-hydroxylation sites is 1. The lowest BCUT2D eigenvalue weighted by molar-refractivity contribution is -0.123. The van der Waals surface area contributed by atoms with Crippen molar-refractivity contribution >= 4 is 38.9 Å². The molecule has 176 valence electrons. The zero-order valence-corrected chi connectivity index (χ0v) is 19.9. The Morgan fingerprint density at radius 2 is 1.41 bits per heavy atom. The molecule has 2 fully saturated rings. The van der Waals surface area contributed by atoms with Crippen LogP contribution in [0.25, 0.3) is 0 Å². The van der Waals surface area contributed by atoms with Crippen LogP contribution in [0.3, 0.4) is 0 Å². The number of hydrogen-bond donors (Lipinski definition) is 1. The van der Waals surface area contributed by atoms with Gasteiger partial charge in [-0.15, -0.1) is 11.6 Å². The highest BCUT2D eigenvalue weighted by molar-refractivity contribution is 7.89. The van der Waals surface area contributed by atoms with Crippen molar-refractivity contribution < 1.29 is 18.3 Å². The molecular weight excluding hydrogens is 474 g/mol. The number of piperazine rings is 1. The second-order valence-electron chi connectivity index (χ2n) is 8.37. The van der Waals surface area contributed by atoms with Gasteiger partial charge in [-0.2, -0.15) is 4.31 Å². The molecular formula is C25H24ClN3O4S. The van der Waals surface area contributed by atoms with Crippen molar-refractivity contribution in [2.24, 2.45) is 0 Å². The van der Waals surface area contributed by atoms with Gasteiger partial charge in [0.25, 0.3) is 0 Å². The summed E-state index contributed by atoms with van der Waals surface area (Å²) < 4.78 is 27.9. The standard InChI is InChI=1S/C25H24ClN3O4S/c26-23-24(18-6-10-21(30)11-7-18)29(25(23)31)20-8-12-22(13-9-20)34(32,33)28-16-14-27(15-17-28)19-4-2-1-3-5-19/h1-13,23-24,30H,14-17H2. The number of halogens is 1. The third kappa shape index (κ3) is 4.02. The first-order chi connectivity index (χ1) is 16.4. The third-order valence-electron chi connectivity index (χ3n) is 6.38. The van der Waals surface area contributed by atoms with Crippen molar-refractivity contribution in [3.05, 3.63) is 84.4 Å². The number of nitrogens with zero attached hydrogens (tertiary/aromatic N) is 3. The highest BCUT2D eigenvalue weighted by Gasteiger charge is 2.48. The van der Waals surface area contributed by atoms with Crippen LogP contribution in [-0.2, 0) is 14.8 Å². The van der Waals surface area contributed by atoms with Gasteiger partial charge in [0.05, 0.1) is 10.9 Å². The third-order valence-corrected chi connectivity index (χ3v) is 8.71. The molecule has 2 heterocycles. The lowest BCUT2D eigenvalue weighted by atomic mass is 9.92. The lowest BCUT2D eigenvalue weighted by Crippen LogP contribution is -2.56. The number of rotatable bonds is 5. The highest BCUT2D eigenvalue weighted by Crippen LogP contribution is 2.42. The molecule has 0 saturated carbocycles. The van der Waals surface area contributed by atoms with E-state index in [1.165, 1.54) is 16.4 Å². The van der Waals surface area contributed by atoms with E-state index in [-0.39, 0.29) is 22.6 Å². The second kappa shape index (κ2) is 8.94. The molecule has 1 amide bonds. The number of carbonyl (C=O) groups is 1. The minimum absolute atomic E-state index is 0.131. The topological polar surface area (TPSA) is 81.2 Å². The molecule has 0 spiro atoms. The van der Waals surface area contributed by atoms with Gasteiger partial charge >= 0.3 is 0 Å². The Labute approximate surface area is 203 Å². The summed E-state index contributed by atoms with van der Waals surface area (Å²) in [5.74, 6) is -0.112. The van der Waals surface area contributed by atoms with Gasteiger partial charge < -0.3 is 14.9 Å². The largest absolute Gasteiger partial charge is 0.508 e. The van der Waals surface area contributed by atoms with E-state index in [1.54, 1.807) is 41.3 Å². The van der Waals surface area contributed by atoms with Crippen molar-refractivity contribution in [3.8, 4) is 5.75 Å². The van der Waals surface area contributed by atoms with Gasteiger partial charge in [0, 0.05) is 37.6 Å². The van der Waals surface area contributed by atoms with E-state index in [2.05, 4.69) is 4.90 Å². The molecule has 2 aliphatic heterocycles. The molecule has 2 atom stereocenters. The van der Waals surface area contributed by atoms with Crippen molar-refractivity contribution in [2.45, 2.75) is 16.3 Å². The van der Waals surface area contributed by atoms with Gasteiger partial charge in [0.1, 0.15) is 11.1 Å². The lowest BCUT2D eigenvalue weighted by Gasteiger charge is -2.44. The molecule has 5 rings (SSSR count). The fraction of sp³-hybridized carbons (Fsp3) is 0.240. The van der Waals surface area contributed by atoms with Gasteiger partial charge in [0.15, 0.2) is 0 Å². The normalized spacial score (nSPS) is 21.4. The summed E-state index contributed by atoms with van der Waals surface area (Å²) in [6, 6.07) is 22.5. The van der Waals surface area contributed by atoms with Gasteiger partial charge in [-0.3, -0.25) is 4.79 Å². The second-order valence-corrected chi connectivity index (χ2v) is 10.8. The van der Waals surface area contributed by atoms with Crippen LogP contribution in [0.1, 0.15) is 11.6 Å². The molecule has 0 aromatic heterocycles. The average Bonchev–Trinajstić information content (AvgIpc) is 2.88. The number of amides is 1. The molecule has 2 unspecified atom stereocenters. The van der Waals surface area contributed by atoms with E-state index in [0.717, 1.165) is 11.3 Å². The summed E-state index contributed by atoms with van der Waals surface area (Å²) in [6.07, 6.45) is 0. The number of anilines is 2. The number of phenolic OH excluding ortho intramolecular Hbond substituents is 1. The van der Waals surface area contributed by atoms with Crippen LogP contribution in [-0.4, -0.2) is 55.3 Å². The minimum Gasteiger partial charge on any atom is -0.508 e. The summed E-state index contributed by atoms with van der Waals surface area (Å²) in [5.41, 5.74) is 2.46.